The highest BCUT2D eigenvalue weighted by molar-refractivity contribution is 8.01. The molecule has 2 aliphatic heterocycles. The highest BCUT2D eigenvalue weighted by Gasteiger charge is 2.54. The molecule has 4 amide bonds. The zero-order chi connectivity index (χ0) is 24.4. The normalized spacial score (nSPS) is 19.2. The second kappa shape index (κ2) is 10.0. The van der Waals surface area contributed by atoms with E-state index in [4.69, 9.17) is 0 Å². The summed E-state index contributed by atoms with van der Waals surface area (Å²) in [5.41, 5.74) is 1.66. The summed E-state index contributed by atoms with van der Waals surface area (Å²) in [6, 6.07) is 5.08. The van der Waals surface area contributed by atoms with E-state index < -0.39 is 29.3 Å². The van der Waals surface area contributed by atoms with Crippen LogP contribution in [0.2, 0.25) is 0 Å². The summed E-state index contributed by atoms with van der Waals surface area (Å²) in [5, 5.41) is 26.0. The Labute approximate surface area is 206 Å². The zero-order valence-corrected chi connectivity index (χ0v) is 20.5. The second-order valence-electron chi connectivity index (χ2n) is 7.38. The van der Waals surface area contributed by atoms with Crippen LogP contribution in [-0.4, -0.2) is 66.9 Å². The molecule has 2 atom stereocenters. The molecule has 4 rings (SSSR count). The predicted molar refractivity (Wildman–Crippen MR) is 130 cm³/mol. The van der Waals surface area contributed by atoms with Gasteiger partial charge in [0.2, 0.25) is 5.91 Å². The first kappa shape index (κ1) is 24.0. The van der Waals surface area contributed by atoms with Crippen molar-refractivity contribution in [2.45, 2.75) is 29.6 Å². The van der Waals surface area contributed by atoms with Gasteiger partial charge in [-0.2, -0.15) is 0 Å². The standard InChI is InChI=1S/C20H20N6O5S3/c1-9(27)21-12-3-5-13(6-4-12)22-19(31)23-14-16(28)26-15(18(29)30)11(7-32-17(14)26)8-33-20-25-24-10(2)34-20/h3-6,14,17H,7-8H2,1-2H3,(H,21,27)(H,29,30)(H2,22,23,31)/t14?,17-/m1/s1. The number of benzene rings is 1. The number of aryl methyl sites for hydroxylation is 1. The minimum absolute atomic E-state index is 0.0329. The fraction of sp³-hybridized carbons (Fsp3) is 0.300. The quantitative estimate of drug-likeness (QED) is 0.318. The molecule has 1 aromatic carbocycles. The molecule has 0 radical (unpaired) electrons. The molecule has 0 bridgehead atoms. The van der Waals surface area contributed by atoms with E-state index in [0.29, 0.717) is 28.5 Å². The third-order valence-electron chi connectivity index (χ3n) is 4.88. The zero-order valence-electron chi connectivity index (χ0n) is 18.0. The summed E-state index contributed by atoms with van der Waals surface area (Å²) in [7, 11) is 0. The van der Waals surface area contributed by atoms with Crippen molar-refractivity contribution in [2.24, 2.45) is 0 Å². The molecule has 178 valence electrons. The van der Waals surface area contributed by atoms with Gasteiger partial charge in [-0.25, -0.2) is 9.59 Å². The molecule has 34 heavy (non-hydrogen) atoms. The number of nitrogens with zero attached hydrogens (tertiary/aromatic N) is 3. The largest absolute Gasteiger partial charge is 0.477 e. The molecule has 1 saturated heterocycles. The smallest absolute Gasteiger partial charge is 0.352 e. The van der Waals surface area contributed by atoms with Crippen molar-refractivity contribution < 1.29 is 24.3 Å². The number of urea groups is 1. The lowest BCUT2D eigenvalue weighted by atomic mass is 10.0. The third-order valence-corrected chi connectivity index (χ3v) is 8.27. The van der Waals surface area contributed by atoms with E-state index in [9.17, 15) is 24.3 Å². The Morgan fingerprint density at radius 3 is 2.44 bits per heavy atom. The molecular formula is C20H20N6O5S3. The summed E-state index contributed by atoms with van der Waals surface area (Å²) < 4.78 is 0.734. The number of carboxylic acids is 1. The highest BCUT2D eigenvalue weighted by atomic mass is 32.2. The van der Waals surface area contributed by atoms with Crippen LogP contribution in [0.3, 0.4) is 0 Å². The number of hydrogen-bond donors (Lipinski definition) is 4. The van der Waals surface area contributed by atoms with Crippen molar-refractivity contribution in [3.05, 3.63) is 40.5 Å². The SMILES string of the molecule is CC(=O)Nc1ccc(NC(=O)NC2C(=O)N3C(C(=O)O)=C(CSc4nnc(C)s4)CS[C@H]23)cc1. The van der Waals surface area contributed by atoms with Crippen LogP contribution in [0, 0.1) is 6.92 Å². The number of aliphatic carboxylic acids is 1. The van der Waals surface area contributed by atoms with Gasteiger partial charge in [0.1, 0.15) is 22.1 Å². The van der Waals surface area contributed by atoms with Crippen LogP contribution in [0.4, 0.5) is 16.2 Å². The van der Waals surface area contributed by atoms with Crippen LogP contribution >= 0.6 is 34.9 Å². The minimum Gasteiger partial charge on any atom is -0.477 e. The Hall–Kier alpha value is -3.10. The van der Waals surface area contributed by atoms with Crippen molar-refractivity contribution in [3.63, 3.8) is 0 Å². The third kappa shape index (κ3) is 5.18. The lowest BCUT2D eigenvalue weighted by Crippen LogP contribution is -2.71. The topological polar surface area (TPSA) is 154 Å². The number of amides is 4. The van der Waals surface area contributed by atoms with Crippen LogP contribution in [0.15, 0.2) is 39.9 Å². The van der Waals surface area contributed by atoms with Gasteiger partial charge in [0, 0.05) is 29.8 Å². The number of thioether (sulfide) groups is 2. The molecule has 1 aromatic heterocycles. The number of carboxylic acid groups (broad SMARTS) is 1. The number of anilines is 2. The highest BCUT2D eigenvalue weighted by Crippen LogP contribution is 2.41. The maximum absolute atomic E-state index is 12.8. The van der Waals surface area contributed by atoms with E-state index in [1.807, 2.05) is 6.92 Å². The summed E-state index contributed by atoms with van der Waals surface area (Å²) in [6.07, 6.45) is 0. The molecular weight excluding hydrogens is 500 g/mol. The van der Waals surface area contributed by atoms with E-state index in [1.165, 1.54) is 46.7 Å². The molecule has 14 heteroatoms. The van der Waals surface area contributed by atoms with Crippen LogP contribution in [0.1, 0.15) is 11.9 Å². The summed E-state index contributed by atoms with van der Waals surface area (Å²) in [4.78, 5) is 49.5. The van der Waals surface area contributed by atoms with Gasteiger partial charge in [0.25, 0.3) is 5.91 Å². The average Bonchev–Trinajstić information content (AvgIpc) is 3.21. The number of β-lactam (4-membered cyclic amide) rings is 1. The number of rotatable bonds is 7. The molecule has 1 unspecified atom stereocenters. The summed E-state index contributed by atoms with van der Waals surface area (Å²) in [5.74, 6) is -1.05. The van der Waals surface area contributed by atoms with E-state index in [0.717, 1.165) is 9.35 Å². The second-order valence-corrected chi connectivity index (χ2v) is 10.9. The molecule has 2 aliphatic rings. The van der Waals surface area contributed by atoms with Gasteiger partial charge in [0.05, 0.1) is 0 Å². The lowest BCUT2D eigenvalue weighted by molar-refractivity contribution is -0.148. The Bertz CT molecular complexity index is 1180. The number of hydrogen-bond acceptors (Lipinski definition) is 9. The van der Waals surface area contributed by atoms with E-state index in [-0.39, 0.29) is 11.6 Å². The molecule has 11 nitrogen and oxygen atoms in total. The van der Waals surface area contributed by atoms with Gasteiger partial charge in [-0.1, -0.05) is 23.1 Å². The van der Waals surface area contributed by atoms with E-state index in [1.54, 1.807) is 24.3 Å². The molecule has 0 aliphatic carbocycles. The van der Waals surface area contributed by atoms with Crippen molar-refractivity contribution in [1.82, 2.24) is 20.4 Å². The van der Waals surface area contributed by atoms with Crippen molar-refractivity contribution in [2.75, 3.05) is 22.1 Å². The fourth-order valence-corrected chi connectivity index (χ4v) is 6.73. The number of carbonyl (C=O) groups excluding carboxylic acids is 3. The number of carbonyl (C=O) groups is 4. The van der Waals surface area contributed by atoms with E-state index >= 15 is 0 Å². The fourth-order valence-electron chi connectivity index (χ4n) is 3.43. The van der Waals surface area contributed by atoms with Gasteiger partial charge in [-0.05, 0) is 36.8 Å². The van der Waals surface area contributed by atoms with Crippen LogP contribution in [0.25, 0.3) is 0 Å². The van der Waals surface area contributed by atoms with Crippen LogP contribution in [0.5, 0.6) is 0 Å². The van der Waals surface area contributed by atoms with Gasteiger partial charge in [0.15, 0.2) is 4.34 Å². The molecule has 0 saturated carbocycles. The van der Waals surface area contributed by atoms with Crippen molar-refractivity contribution >= 4 is 70.1 Å². The monoisotopic (exact) mass is 520 g/mol. The maximum atomic E-state index is 12.8. The molecule has 1 fully saturated rings. The minimum atomic E-state index is -1.18. The Kier molecular flexibility index (Phi) is 7.09. The average molecular weight is 521 g/mol. The first-order valence-electron chi connectivity index (χ1n) is 10.0. The Morgan fingerprint density at radius 2 is 1.85 bits per heavy atom. The van der Waals surface area contributed by atoms with Gasteiger partial charge in [-0.3, -0.25) is 14.5 Å². The maximum Gasteiger partial charge on any atom is 0.352 e. The first-order valence-corrected chi connectivity index (χ1v) is 12.9. The van der Waals surface area contributed by atoms with Crippen LogP contribution < -0.4 is 16.0 Å². The predicted octanol–water partition coefficient (Wildman–Crippen LogP) is 2.34. The van der Waals surface area contributed by atoms with Crippen LogP contribution in [-0.2, 0) is 14.4 Å². The Balaban J connectivity index is 1.38. The van der Waals surface area contributed by atoms with Gasteiger partial charge < -0.3 is 21.1 Å². The van der Waals surface area contributed by atoms with Crippen molar-refractivity contribution in [1.29, 1.82) is 0 Å². The summed E-state index contributed by atoms with van der Waals surface area (Å²) in [6.45, 7) is 3.24. The number of aromatic nitrogens is 2. The Morgan fingerprint density at radius 1 is 1.18 bits per heavy atom. The molecule has 4 N–H and O–H groups in total. The van der Waals surface area contributed by atoms with Crippen molar-refractivity contribution in [3.8, 4) is 0 Å². The number of fused-ring (bicyclic) bond motifs is 1. The molecule has 0 spiro atoms. The molecule has 3 heterocycles. The summed E-state index contributed by atoms with van der Waals surface area (Å²) >= 11 is 4.21. The first-order chi connectivity index (χ1) is 16.2. The molecule has 2 aromatic rings. The van der Waals surface area contributed by atoms with E-state index in [2.05, 4.69) is 26.1 Å². The van der Waals surface area contributed by atoms with Gasteiger partial charge >= 0.3 is 12.0 Å². The van der Waals surface area contributed by atoms with Gasteiger partial charge in [-0.15, -0.1) is 22.0 Å². The number of nitrogens with one attached hydrogen (secondary N) is 3. The lowest BCUT2D eigenvalue weighted by Gasteiger charge is -2.49.